The number of esters is 1. The van der Waals surface area contributed by atoms with Crippen LogP contribution in [0.15, 0.2) is 9.52 Å². The van der Waals surface area contributed by atoms with E-state index >= 15 is 0 Å². The summed E-state index contributed by atoms with van der Waals surface area (Å²) in [4.78, 5) is 38.8. The Labute approximate surface area is 164 Å². The number of isocyanates is 1. The third-order valence-electron chi connectivity index (χ3n) is 4.87. The molecule has 0 saturated heterocycles. The van der Waals surface area contributed by atoms with Crippen molar-refractivity contribution in [3.63, 3.8) is 0 Å². The first kappa shape index (κ1) is 21.6. The average molecular weight is 392 g/mol. The Kier molecular flexibility index (Phi) is 6.61. The smallest absolute Gasteiger partial charge is 0.345 e. The number of ether oxygens (including phenoxy) is 1. The second kappa shape index (κ2) is 8.56. The first-order chi connectivity index (χ1) is 13.1. The normalized spacial score (nSPS) is 23.4. The highest BCUT2D eigenvalue weighted by molar-refractivity contribution is 5.99. The maximum atomic E-state index is 12.5. The second-order valence-corrected chi connectivity index (χ2v) is 8.46. The van der Waals surface area contributed by atoms with Crippen LogP contribution in [0.25, 0.3) is 0 Å². The predicted molar refractivity (Wildman–Crippen MR) is 102 cm³/mol. The van der Waals surface area contributed by atoms with E-state index in [4.69, 9.17) is 9.26 Å². The van der Waals surface area contributed by atoms with Crippen molar-refractivity contribution in [1.82, 2.24) is 10.5 Å². The molecule has 9 heteroatoms. The number of anilines is 1. The predicted octanol–water partition coefficient (Wildman–Crippen LogP) is 3.20. The lowest BCUT2D eigenvalue weighted by Crippen LogP contribution is -2.48. The molecule has 154 valence electrons. The summed E-state index contributed by atoms with van der Waals surface area (Å²) in [6.07, 6.45) is 3.94. The number of aliphatic imine (C=N–C) groups is 1. The molecule has 2 unspecified atom stereocenters. The Morgan fingerprint density at radius 3 is 2.71 bits per heavy atom. The highest BCUT2D eigenvalue weighted by atomic mass is 16.5. The molecule has 1 saturated carbocycles. The van der Waals surface area contributed by atoms with Crippen LogP contribution in [-0.4, -0.2) is 42.4 Å². The van der Waals surface area contributed by atoms with Crippen molar-refractivity contribution in [2.24, 2.45) is 15.8 Å². The van der Waals surface area contributed by atoms with Gasteiger partial charge in [0.25, 0.3) is 0 Å². The quantitative estimate of drug-likeness (QED) is 0.435. The van der Waals surface area contributed by atoms with Crippen molar-refractivity contribution < 1.29 is 23.6 Å². The molecule has 2 amide bonds. The van der Waals surface area contributed by atoms with Gasteiger partial charge in [0.15, 0.2) is 0 Å². The number of rotatable bonds is 6. The van der Waals surface area contributed by atoms with E-state index in [1.165, 1.54) is 0 Å². The average Bonchev–Trinajstić information content (AvgIpc) is 2.91. The van der Waals surface area contributed by atoms with Crippen LogP contribution < -0.4 is 10.6 Å². The van der Waals surface area contributed by atoms with Gasteiger partial charge < -0.3 is 14.6 Å². The van der Waals surface area contributed by atoms with E-state index in [0.29, 0.717) is 18.7 Å². The summed E-state index contributed by atoms with van der Waals surface area (Å²) in [5.41, 5.74) is 0.205. The molecule has 1 heterocycles. The molecule has 0 bridgehead atoms. The van der Waals surface area contributed by atoms with E-state index in [-0.39, 0.29) is 34.9 Å². The minimum atomic E-state index is -0.602. The molecule has 2 rings (SSSR count). The number of carbonyl (C=O) groups excluding carboxylic acids is 3. The van der Waals surface area contributed by atoms with Crippen molar-refractivity contribution in [3.05, 3.63) is 11.3 Å². The van der Waals surface area contributed by atoms with Gasteiger partial charge in [0.2, 0.25) is 12.0 Å². The Bertz CT molecular complexity index is 781. The number of carbonyl (C=O) groups is 2. The van der Waals surface area contributed by atoms with E-state index in [9.17, 15) is 14.4 Å². The third-order valence-corrected chi connectivity index (χ3v) is 4.87. The van der Waals surface area contributed by atoms with Gasteiger partial charge in [0, 0.05) is 6.04 Å². The first-order valence-corrected chi connectivity index (χ1v) is 9.34. The maximum Gasteiger partial charge on any atom is 0.345 e. The van der Waals surface area contributed by atoms with Crippen molar-refractivity contribution in [1.29, 1.82) is 0 Å². The molecule has 2 N–H and O–H groups in total. The number of amides is 2. The summed E-state index contributed by atoms with van der Waals surface area (Å²) in [5.74, 6) is -0.647. The number of urea groups is 1. The lowest BCUT2D eigenvalue weighted by Gasteiger charge is -2.46. The molecule has 0 radical (unpaired) electrons. The molecule has 1 fully saturated rings. The van der Waals surface area contributed by atoms with E-state index in [0.717, 1.165) is 12.8 Å². The van der Waals surface area contributed by atoms with Crippen LogP contribution in [0.5, 0.6) is 0 Å². The SMILES string of the molecule is CCOC(=O)c1c(C)noc1NC(=O)NC1CC(C)(C)CC(C)(CN=C=O)C1. The molecule has 1 aromatic rings. The molecule has 0 aromatic carbocycles. The monoisotopic (exact) mass is 392 g/mol. The third kappa shape index (κ3) is 5.42. The van der Waals surface area contributed by atoms with Gasteiger partial charge in [-0.15, -0.1) is 0 Å². The van der Waals surface area contributed by atoms with Crippen molar-refractivity contribution in [3.8, 4) is 0 Å². The number of nitrogens with zero attached hydrogens (tertiary/aromatic N) is 2. The number of aryl methyl sites for hydroxylation is 1. The van der Waals surface area contributed by atoms with Crippen LogP contribution >= 0.6 is 0 Å². The van der Waals surface area contributed by atoms with Crippen LogP contribution in [0.3, 0.4) is 0 Å². The number of hydrogen-bond donors (Lipinski definition) is 2. The molecule has 28 heavy (non-hydrogen) atoms. The zero-order chi connectivity index (χ0) is 20.9. The van der Waals surface area contributed by atoms with Gasteiger partial charge in [-0.3, -0.25) is 5.32 Å². The van der Waals surface area contributed by atoms with Gasteiger partial charge in [0.1, 0.15) is 5.56 Å². The van der Waals surface area contributed by atoms with Gasteiger partial charge in [-0.2, -0.15) is 0 Å². The lowest BCUT2D eigenvalue weighted by atomic mass is 9.62. The lowest BCUT2D eigenvalue weighted by molar-refractivity contribution is 0.0526. The molecular formula is C19H28N4O5. The first-order valence-electron chi connectivity index (χ1n) is 9.34. The van der Waals surface area contributed by atoms with Gasteiger partial charge in [-0.25, -0.2) is 19.4 Å². The topological polar surface area (TPSA) is 123 Å². The van der Waals surface area contributed by atoms with Crippen LogP contribution in [0.2, 0.25) is 0 Å². The van der Waals surface area contributed by atoms with Crippen molar-refractivity contribution >= 4 is 24.0 Å². The van der Waals surface area contributed by atoms with Gasteiger partial charge in [0.05, 0.1) is 18.8 Å². The largest absolute Gasteiger partial charge is 0.462 e. The minimum Gasteiger partial charge on any atom is -0.462 e. The fraction of sp³-hybridized carbons (Fsp3) is 0.684. The van der Waals surface area contributed by atoms with Crippen LogP contribution in [0.1, 0.15) is 63.0 Å². The highest BCUT2D eigenvalue weighted by Crippen LogP contribution is 2.46. The molecule has 9 nitrogen and oxygen atoms in total. The van der Waals surface area contributed by atoms with E-state index in [1.807, 2.05) is 0 Å². The summed E-state index contributed by atoms with van der Waals surface area (Å²) < 4.78 is 10.1. The zero-order valence-electron chi connectivity index (χ0n) is 17.0. The van der Waals surface area contributed by atoms with E-state index in [1.54, 1.807) is 19.9 Å². The Morgan fingerprint density at radius 2 is 2.07 bits per heavy atom. The van der Waals surface area contributed by atoms with Crippen LogP contribution in [-0.2, 0) is 9.53 Å². The van der Waals surface area contributed by atoms with Crippen molar-refractivity contribution in [2.75, 3.05) is 18.5 Å². The standard InChI is InChI=1S/C19H28N4O5/c1-6-27-16(25)14-12(2)23-28-15(14)22-17(26)21-13-7-18(3,4)9-19(5,8-13)10-20-11-24/h13H,6-10H2,1-5H3,(H2,21,22,26). The van der Waals surface area contributed by atoms with Crippen molar-refractivity contribution in [2.45, 2.75) is 59.9 Å². The molecule has 0 aliphatic heterocycles. The van der Waals surface area contributed by atoms with Crippen LogP contribution in [0, 0.1) is 17.8 Å². The van der Waals surface area contributed by atoms with Gasteiger partial charge >= 0.3 is 12.0 Å². The molecular weight excluding hydrogens is 364 g/mol. The second-order valence-electron chi connectivity index (χ2n) is 8.46. The zero-order valence-corrected chi connectivity index (χ0v) is 17.0. The fourth-order valence-electron chi connectivity index (χ4n) is 4.30. The summed E-state index contributed by atoms with van der Waals surface area (Å²) in [6.45, 7) is 10.2. The number of hydrogen-bond acceptors (Lipinski definition) is 7. The Hall–Kier alpha value is -2.67. The number of nitrogens with one attached hydrogen (secondary N) is 2. The van der Waals surface area contributed by atoms with E-state index < -0.39 is 12.0 Å². The minimum absolute atomic E-state index is 0.0255. The van der Waals surface area contributed by atoms with Gasteiger partial charge in [-0.05, 0) is 43.9 Å². The molecule has 1 aliphatic carbocycles. The Morgan fingerprint density at radius 1 is 1.36 bits per heavy atom. The number of aromatic nitrogens is 1. The maximum absolute atomic E-state index is 12.5. The summed E-state index contributed by atoms with van der Waals surface area (Å²) >= 11 is 0. The summed E-state index contributed by atoms with van der Waals surface area (Å²) in [7, 11) is 0. The Balaban J connectivity index is 2.08. The molecule has 0 spiro atoms. The fourth-order valence-corrected chi connectivity index (χ4v) is 4.30. The van der Waals surface area contributed by atoms with E-state index in [2.05, 4.69) is 41.6 Å². The molecule has 2 atom stereocenters. The molecule has 1 aromatic heterocycles. The van der Waals surface area contributed by atoms with Gasteiger partial charge in [-0.1, -0.05) is 25.9 Å². The summed E-state index contributed by atoms with van der Waals surface area (Å²) in [6, 6.07) is -0.615. The summed E-state index contributed by atoms with van der Waals surface area (Å²) in [5, 5.41) is 9.21. The highest BCUT2D eigenvalue weighted by Gasteiger charge is 2.41. The van der Waals surface area contributed by atoms with Crippen LogP contribution in [0.4, 0.5) is 10.7 Å². The molecule has 1 aliphatic rings.